The Morgan fingerprint density at radius 1 is 1.07 bits per heavy atom. The van der Waals surface area contributed by atoms with Crippen LogP contribution >= 0.6 is 11.6 Å². The van der Waals surface area contributed by atoms with Crippen LogP contribution in [0.1, 0.15) is 27.1 Å². The number of nitrogens with one attached hydrogen (secondary N) is 3. The zero-order chi connectivity index (χ0) is 28.6. The molecule has 0 saturated carbocycles. The van der Waals surface area contributed by atoms with Crippen LogP contribution in [-0.4, -0.2) is 70.0 Å². The number of carbonyl (C=O) groups is 2. The van der Waals surface area contributed by atoms with Gasteiger partial charge in [0.2, 0.25) is 0 Å². The molecular formula is C29H34ClFN6O3. The number of benzene rings is 3. The Balaban J connectivity index is 1.44. The molecule has 2 amide bonds. The monoisotopic (exact) mass is 568 g/mol. The summed E-state index contributed by atoms with van der Waals surface area (Å²) >= 11 is 6.35. The van der Waals surface area contributed by atoms with Crippen LogP contribution in [0.15, 0.2) is 60.7 Å². The van der Waals surface area contributed by atoms with Crippen molar-refractivity contribution in [3.05, 3.63) is 76.8 Å². The summed E-state index contributed by atoms with van der Waals surface area (Å²) in [4.78, 5) is 29.9. The highest BCUT2D eigenvalue weighted by Gasteiger charge is 2.23. The molecule has 40 heavy (non-hydrogen) atoms. The lowest BCUT2D eigenvalue weighted by molar-refractivity contribution is 0.0497. The van der Waals surface area contributed by atoms with E-state index in [0.29, 0.717) is 30.2 Å². The van der Waals surface area contributed by atoms with Gasteiger partial charge in [-0.1, -0.05) is 17.7 Å². The summed E-state index contributed by atoms with van der Waals surface area (Å²) in [6.45, 7) is 2.53. The molecule has 1 aliphatic rings. The lowest BCUT2D eigenvalue weighted by atomic mass is 10.1. The summed E-state index contributed by atoms with van der Waals surface area (Å²) in [5, 5.41) is 9.16. The number of alkyl halides is 1. The lowest BCUT2D eigenvalue weighted by Crippen LogP contribution is -2.42. The Hall–Kier alpha value is -3.86. The summed E-state index contributed by atoms with van der Waals surface area (Å²) in [7, 11) is 4.03. The number of anilines is 5. The fourth-order valence-corrected chi connectivity index (χ4v) is 4.44. The molecule has 1 heterocycles. The smallest absolute Gasteiger partial charge is 0.257 e. The van der Waals surface area contributed by atoms with Crippen molar-refractivity contribution in [3.63, 3.8) is 0 Å². The Kier molecular flexibility index (Phi) is 9.81. The first-order valence-corrected chi connectivity index (χ1v) is 13.4. The normalized spacial score (nSPS) is 15.1. The van der Waals surface area contributed by atoms with E-state index in [1.54, 1.807) is 47.4 Å². The molecule has 11 heteroatoms. The second-order valence-corrected chi connectivity index (χ2v) is 10.1. The van der Waals surface area contributed by atoms with E-state index in [1.807, 2.05) is 20.2 Å². The predicted molar refractivity (Wildman–Crippen MR) is 159 cm³/mol. The maximum absolute atomic E-state index is 14.3. The first-order chi connectivity index (χ1) is 19.2. The Labute approximate surface area is 238 Å². The Morgan fingerprint density at radius 2 is 1.90 bits per heavy atom. The molecule has 1 saturated heterocycles. The van der Waals surface area contributed by atoms with E-state index < -0.39 is 18.1 Å². The number of halogens is 2. The van der Waals surface area contributed by atoms with E-state index in [2.05, 4.69) is 20.9 Å². The predicted octanol–water partition coefficient (Wildman–Crippen LogP) is 4.92. The first-order valence-electron chi connectivity index (χ1n) is 13.0. The third-order valence-electron chi connectivity index (χ3n) is 6.39. The fourth-order valence-electron chi connectivity index (χ4n) is 4.27. The molecule has 212 valence electrons. The minimum Gasteiger partial charge on any atom is -0.398 e. The average Bonchev–Trinajstić information content (AvgIpc) is 2.93. The number of carbonyl (C=O) groups excluding carboxylic acids is 2. The summed E-state index contributed by atoms with van der Waals surface area (Å²) < 4.78 is 19.5. The molecular weight excluding hydrogens is 535 g/mol. The molecule has 1 fully saturated rings. The van der Waals surface area contributed by atoms with Crippen LogP contribution in [0.2, 0.25) is 5.02 Å². The second-order valence-electron chi connectivity index (χ2n) is 9.74. The number of ether oxygens (including phenoxy) is 1. The summed E-state index contributed by atoms with van der Waals surface area (Å²) in [5.74, 6) is -0.862. The van der Waals surface area contributed by atoms with Gasteiger partial charge in [0.15, 0.2) is 6.30 Å². The van der Waals surface area contributed by atoms with Crippen LogP contribution in [0.3, 0.4) is 0 Å². The van der Waals surface area contributed by atoms with Crippen molar-refractivity contribution in [1.29, 1.82) is 0 Å². The van der Waals surface area contributed by atoms with Crippen molar-refractivity contribution in [3.8, 4) is 0 Å². The number of amides is 2. The molecule has 3 aromatic rings. The molecule has 0 aromatic heterocycles. The third-order valence-corrected chi connectivity index (χ3v) is 6.72. The second kappa shape index (κ2) is 13.5. The van der Waals surface area contributed by atoms with E-state index in [4.69, 9.17) is 22.1 Å². The standard InChI is InChI=1S/C29H34ClFN6O3/c1-36(2)12-4-11-33-20-8-10-25(32)23(17-20)29(39)35-26-15-19(7-9-24(26)30)28(38)34-21-5-3-6-22(16-21)37-13-14-40-18-27(37)31/h3,5-10,15-17,27,33H,4,11-14,18,32H2,1-2H3,(H,34,38)(H,35,39). The number of nitrogens with zero attached hydrogens (tertiary/aromatic N) is 2. The summed E-state index contributed by atoms with van der Waals surface area (Å²) in [5.41, 5.74) is 9.16. The van der Waals surface area contributed by atoms with Gasteiger partial charge in [-0.25, -0.2) is 4.39 Å². The van der Waals surface area contributed by atoms with Gasteiger partial charge in [0.1, 0.15) is 0 Å². The van der Waals surface area contributed by atoms with Crippen LogP contribution in [-0.2, 0) is 4.74 Å². The van der Waals surface area contributed by atoms with Gasteiger partial charge in [0, 0.05) is 41.4 Å². The van der Waals surface area contributed by atoms with E-state index >= 15 is 0 Å². The van der Waals surface area contributed by atoms with Crippen LogP contribution < -0.4 is 26.6 Å². The van der Waals surface area contributed by atoms with Crippen molar-refractivity contribution in [2.75, 3.05) is 73.5 Å². The molecule has 5 N–H and O–H groups in total. The number of hydrogen-bond donors (Lipinski definition) is 4. The van der Waals surface area contributed by atoms with Crippen LogP contribution in [0.4, 0.5) is 32.8 Å². The van der Waals surface area contributed by atoms with Gasteiger partial charge in [-0.05, 0) is 81.7 Å². The number of hydrogen-bond acceptors (Lipinski definition) is 7. The number of nitrogen functional groups attached to an aromatic ring is 1. The molecule has 0 spiro atoms. The van der Waals surface area contributed by atoms with Gasteiger partial charge in [-0.3, -0.25) is 9.59 Å². The zero-order valence-electron chi connectivity index (χ0n) is 22.5. The highest BCUT2D eigenvalue weighted by molar-refractivity contribution is 6.34. The Bertz CT molecular complexity index is 1360. The quantitative estimate of drug-likeness (QED) is 0.156. The molecule has 4 rings (SSSR count). The van der Waals surface area contributed by atoms with Crippen molar-refractivity contribution < 1.29 is 18.7 Å². The molecule has 1 aliphatic heterocycles. The SMILES string of the molecule is CN(C)CCCNc1ccc(N)c(C(=O)Nc2cc(C(=O)Nc3cccc(N4CCOCC4F)c3)ccc2Cl)c1. The highest BCUT2D eigenvalue weighted by Crippen LogP contribution is 2.27. The van der Waals surface area contributed by atoms with Crippen LogP contribution in [0, 0.1) is 0 Å². The minimum atomic E-state index is -1.25. The van der Waals surface area contributed by atoms with Crippen molar-refractivity contribution in [2.24, 2.45) is 0 Å². The molecule has 9 nitrogen and oxygen atoms in total. The third kappa shape index (κ3) is 7.62. The van der Waals surface area contributed by atoms with Gasteiger partial charge in [-0.2, -0.15) is 0 Å². The minimum absolute atomic E-state index is 0.000904. The van der Waals surface area contributed by atoms with Crippen molar-refractivity contribution in [2.45, 2.75) is 12.7 Å². The maximum Gasteiger partial charge on any atom is 0.257 e. The molecule has 0 bridgehead atoms. The van der Waals surface area contributed by atoms with E-state index in [0.717, 1.165) is 25.2 Å². The molecule has 0 radical (unpaired) electrons. The van der Waals surface area contributed by atoms with E-state index in [9.17, 15) is 14.0 Å². The van der Waals surface area contributed by atoms with Crippen LogP contribution in [0.25, 0.3) is 0 Å². The largest absolute Gasteiger partial charge is 0.398 e. The molecule has 3 aromatic carbocycles. The fraction of sp³-hybridized carbons (Fsp3) is 0.310. The van der Waals surface area contributed by atoms with E-state index in [1.165, 1.54) is 12.1 Å². The Morgan fingerprint density at radius 3 is 2.67 bits per heavy atom. The molecule has 1 atom stereocenters. The molecule has 0 aliphatic carbocycles. The summed E-state index contributed by atoms with van der Waals surface area (Å²) in [6.07, 6.45) is -0.312. The topological polar surface area (TPSA) is 112 Å². The van der Waals surface area contributed by atoms with Gasteiger partial charge in [-0.15, -0.1) is 0 Å². The van der Waals surface area contributed by atoms with Crippen molar-refractivity contribution in [1.82, 2.24) is 4.90 Å². The zero-order valence-corrected chi connectivity index (χ0v) is 23.3. The first kappa shape index (κ1) is 29.1. The number of morpholine rings is 1. The number of rotatable bonds is 10. The van der Waals surface area contributed by atoms with Crippen LogP contribution in [0.5, 0.6) is 0 Å². The highest BCUT2D eigenvalue weighted by atomic mass is 35.5. The summed E-state index contributed by atoms with van der Waals surface area (Å²) in [6, 6.07) is 16.7. The average molecular weight is 569 g/mol. The van der Waals surface area contributed by atoms with E-state index in [-0.39, 0.29) is 28.4 Å². The van der Waals surface area contributed by atoms with Gasteiger partial charge in [0.25, 0.3) is 11.8 Å². The van der Waals surface area contributed by atoms with Gasteiger partial charge >= 0.3 is 0 Å². The molecule has 1 unspecified atom stereocenters. The maximum atomic E-state index is 14.3. The lowest BCUT2D eigenvalue weighted by Gasteiger charge is -2.32. The van der Waals surface area contributed by atoms with Gasteiger partial charge < -0.3 is 36.2 Å². The van der Waals surface area contributed by atoms with Crippen molar-refractivity contribution >= 4 is 51.9 Å². The number of nitrogens with two attached hydrogens (primary N) is 1. The van der Waals surface area contributed by atoms with Gasteiger partial charge in [0.05, 0.1) is 29.5 Å².